The van der Waals surface area contributed by atoms with Crippen LogP contribution in [0.3, 0.4) is 0 Å². The molecule has 2 fully saturated rings. The lowest BCUT2D eigenvalue weighted by molar-refractivity contribution is -0.118. The number of rotatable bonds is 7. The fraction of sp³-hybridized carbons (Fsp3) is 0.611. The number of amides is 1. The Bertz CT molecular complexity index is 772. The van der Waals surface area contributed by atoms with Crippen molar-refractivity contribution in [2.45, 2.75) is 62.3 Å². The van der Waals surface area contributed by atoms with Gasteiger partial charge in [0.25, 0.3) is 0 Å². The van der Waals surface area contributed by atoms with Gasteiger partial charge in [0.15, 0.2) is 0 Å². The molecule has 0 radical (unpaired) electrons. The van der Waals surface area contributed by atoms with Crippen LogP contribution >= 0.6 is 0 Å². The van der Waals surface area contributed by atoms with Crippen LogP contribution in [0.2, 0.25) is 0 Å². The second-order valence-electron chi connectivity index (χ2n) is 7.53. The van der Waals surface area contributed by atoms with Gasteiger partial charge in [-0.15, -0.1) is 0 Å². The molecule has 3 rings (SSSR count). The number of anilines is 1. The number of nitrogens with one attached hydrogen (secondary N) is 2. The summed E-state index contributed by atoms with van der Waals surface area (Å²) in [6, 6.07) is 3.50. The number of benzene rings is 1. The Labute approximate surface area is 153 Å². The van der Waals surface area contributed by atoms with E-state index >= 15 is 0 Å². The molecule has 4 N–H and O–H groups in total. The highest BCUT2D eigenvalue weighted by molar-refractivity contribution is 7.89. The van der Waals surface area contributed by atoms with Gasteiger partial charge >= 0.3 is 0 Å². The van der Waals surface area contributed by atoms with E-state index in [4.69, 9.17) is 5.73 Å². The van der Waals surface area contributed by atoms with Gasteiger partial charge in [0.1, 0.15) is 10.7 Å². The van der Waals surface area contributed by atoms with Crippen molar-refractivity contribution in [1.82, 2.24) is 4.72 Å². The molecular weight excluding hydrogens is 357 g/mol. The quantitative estimate of drug-likeness (QED) is 0.673. The predicted molar refractivity (Wildman–Crippen MR) is 97.6 cm³/mol. The summed E-state index contributed by atoms with van der Waals surface area (Å²) in [5.41, 5.74) is 6.00. The molecule has 8 heteroatoms. The van der Waals surface area contributed by atoms with E-state index < -0.39 is 20.7 Å². The molecule has 26 heavy (non-hydrogen) atoms. The minimum absolute atomic E-state index is 0.117. The van der Waals surface area contributed by atoms with Gasteiger partial charge in [0.05, 0.1) is 0 Å². The maximum absolute atomic E-state index is 14.0. The third kappa shape index (κ3) is 4.61. The van der Waals surface area contributed by atoms with Crippen molar-refractivity contribution in [2.75, 3.05) is 11.9 Å². The summed E-state index contributed by atoms with van der Waals surface area (Å²) in [6.07, 6.45) is 6.96. The number of hydrogen-bond acceptors (Lipinski definition) is 4. The zero-order valence-corrected chi connectivity index (χ0v) is 15.6. The molecule has 0 saturated heterocycles. The molecule has 0 unspecified atom stereocenters. The molecule has 0 aliphatic heterocycles. The Morgan fingerprint density at radius 3 is 2.54 bits per heavy atom. The topological polar surface area (TPSA) is 101 Å². The Hall–Kier alpha value is -1.51. The van der Waals surface area contributed by atoms with Crippen LogP contribution in [-0.4, -0.2) is 26.9 Å². The van der Waals surface area contributed by atoms with Crippen LogP contribution in [-0.2, 0) is 14.8 Å². The average Bonchev–Trinajstić information content (AvgIpc) is 3.40. The smallest absolute Gasteiger partial charge is 0.243 e. The molecule has 2 aliphatic carbocycles. The Balaban J connectivity index is 1.71. The number of halogens is 1. The van der Waals surface area contributed by atoms with Gasteiger partial charge in [-0.05, 0) is 55.8 Å². The van der Waals surface area contributed by atoms with Crippen molar-refractivity contribution < 1.29 is 17.6 Å². The van der Waals surface area contributed by atoms with E-state index in [-0.39, 0.29) is 23.1 Å². The number of hydrogen-bond donors (Lipinski definition) is 3. The Kier molecular flexibility index (Phi) is 5.64. The minimum Gasteiger partial charge on any atom is -0.330 e. The van der Waals surface area contributed by atoms with Crippen molar-refractivity contribution in [3.8, 4) is 0 Å². The summed E-state index contributed by atoms with van der Waals surface area (Å²) in [5.74, 6) is -1.05. The molecule has 1 aromatic carbocycles. The zero-order chi connectivity index (χ0) is 18.8. The summed E-state index contributed by atoms with van der Waals surface area (Å²) in [6.45, 7) is 0.453. The first-order valence-corrected chi connectivity index (χ1v) is 10.6. The highest BCUT2D eigenvalue weighted by Gasteiger charge is 2.33. The summed E-state index contributed by atoms with van der Waals surface area (Å²) in [4.78, 5) is 12.0. The summed E-state index contributed by atoms with van der Waals surface area (Å²) in [5, 5.41) is 2.70. The summed E-state index contributed by atoms with van der Waals surface area (Å²) < 4.78 is 41.0. The maximum Gasteiger partial charge on any atom is 0.243 e. The van der Waals surface area contributed by atoms with E-state index in [2.05, 4.69) is 10.0 Å². The number of carbonyl (C=O) groups is 1. The van der Waals surface area contributed by atoms with Crippen molar-refractivity contribution in [3.05, 3.63) is 24.0 Å². The lowest BCUT2D eigenvalue weighted by Crippen LogP contribution is -2.36. The highest BCUT2D eigenvalue weighted by Crippen LogP contribution is 2.38. The standard InChI is InChI=1S/C18H26FN3O3S/c19-15-7-6-14(10-16(15)26(24,25)22-13-4-5-13)21-17(23)11-18(12-20)8-2-1-3-9-18/h6-7,10,13,22H,1-5,8-9,11-12,20H2,(H,21,23). The van der Waals surface area contributed by atoms with Gasteiger partial charge in [-0.2, -0.15) is 0 Å². The first-order valence-electron chi connectivity index (χ1n) is 9.15. The average molecular weight is 383 g/mol. The highest BCUT2D eigenvalue weighted by atomic mass is 32.2. The van der Waals surface area contributed by atoms with E-state index in [1.54, 1.807) is 0 Å². The second-order valence-corrected chi connectivity index (χ2v) is 9.21. The number of nitrogens with two attached hydrogens (primary N) is 1. The predicted octanol–water partition coefficient (Wildman–Crippen LogP) is 2.50. The van der Waals surface area contributed by atoms with Crippen LogP contribution < -0.4 is 15.8 Å². The molecule has 0 aromatic heterocycles. The van der Waals surface area contributed by atoms with Gasteiger partial charge < -0.3 is 11.1 Å². The van der Waals surface area contributed by atoms with Crippen LogP contribution in [0.1, 0.15) is 51.4 Å². The van der Waals surface area contributed by atoms with E-state index in [0.717, 1.165) is 51.0 Å². The third-order valence-corrected chi connectivity index (χ3v) is 6.82. The lowest BCUT2D eigenvalue weighted by Gasteiger charge is -2.35. The van der Waals surface area contributed by atoms with Gasteiger partial charge in [-0.25, -0.2) is 17.5 Å². The van der Waals surface area contributed by atoms with Crippen LogP contribution in [0.25, 0.3) is 0 Å². The largest absolute Gasteiger partial charge is 0.330 e. The molecule has 1 aromatic rings. The molecule has 1 amide bonds. The van der Waals surface area contributed by atoms with E-state index in [1.165, 1.54) is 12.1 Å². The minimum atomic E-state index is -3.93. The SMILES string of the molecule is NCC1(CC(=O)Nc2ccc(F)c(S(=O)(=O)NC3CC3)c2)CCCCC1. The normalized spacial score (nSPS) is 19.9. The first kappa shape index (κ1) is 19.3. The van der Waals surface area contributed by atoms with Crippen molar-refractivity contribution in [2.24, 2.45) is 11.1 Å². The number of carbonyl (C=O) groups excluding carboxylic acids is 1. The molecule has 0 bridgehead atoms. The number of sulfonamides is 1. The molecule has 144 valence electrons. The second kappa shape index (κ2) is 7.62. The van der Waals surface area contributed by atoms with Gasteiger partial charge in [-0.1, -0.05) is 19.3 Å². The first-order chi connectivity index (χ1) is 12.3. The zero-order valence-electron chi connectivity index (χ0n) is 14.8. The van der Waals surface area contributed by atoms with Crippen LogP contribution in [0.5, 0.6) is 0 Å². The monoisotopic (exact) mass is 383 g/mol. The van der Waals surface area contributed by atoms with E-state index in [1.807, 2.05) is 0 Å². The molecule has 6 nitrogen and oxygen atoms in total. The van der Waals surface area contributed by atoms with E-state index in [0.29, 0.717) is 13.0 Å². The molecule has 0 spiro atoms. The van der Waals surface area contributed by atoms with Gasteiger partial charge in [0.2, 0.25) is 15.9 Å². The van der Waals surface area contributed by atoms with Crippen molar-refractivity contribution in [1.29, 1.82) is 0 Å². The Morgan fingerprint density at radius 1 is 1.23 bits per heavy atom. The molecule has 2 saturated carbocycles. The molecule has 0 atom stereocenters. The van der Waals surface area contributed by atoms with Crippen molar-refractivity contribution in [3.63, 3.8) is 0 Å². The molecule has 2 aliphatic rings. The van der Waals surface area contributed by atoms with Gasteiger partial charge in [0, 0.05) is 18.2 Å². The van der Waals surface area contributed by atoms with Crippen LogP contribution in [0.15, 0.2) is 23.1 Å². The van der Waals surface area contributed by atoms with Crippen LogP contribution in [0, 0.1) is 11.2 Å². The van der Waals surface area contributed by atoms with Crippen molar-refractivity contribution >= 4 is 21.6 Å². The Morgan fingerprint density at radius 2 is 1.92 bits per heavy atom. The van der Waals surface area contributed by atoms with Crippen LogP contribution in [0.4, 0.5) is 10.1 Å². The third-order valence-electron chi connectivity index (χ3n) is 5.29. The fourth-order valence-electron chi connectivity index (χ4n) is 3.57. The fourth-order valence-corrected chi connectivity index (χ4v) is 4.98. The summed E-state index contributed by atoms with van der Waals surface area (Å²) >= 11 is 0. The lowest BCUT2D eigenvalue weighted by atomic mass is 9.71. The molecular formula is C18H26FN3O3S. The van der Waals surface area contributed by atoms with E-state index in [9.17, 15) is 17.6 Å². The van der Waals surface area contributed by atoms with Gasteiger partial charge in [-0.3, -0.25) is 4.79 Å². The summed E-state index contributed by atoms with van der Waals surface area (Å²) in [7, 11) is -3.93. The molecule has 0 heterocycles. The maximum atomic E-state index is 14.0.